The van der Waals surface area contributed by atoms with Gasteiger partial charge in [-0.1, -0.05) is 11.6 Å². The fourth-order valence-electron chi connectivity index (χ4n) is 0.530. The molecule has 1 rings (SSSR count). The molecule has 0 aliphatic rings. The van der Waals surface area contributed by atoms with Gasteiger partial charge in [-0.25, -0.2) is 9.89 Å². The van der Waals surface area contributed by atoms with Gasteiger partial charge in [0.1, 0.15) is 0 Å². The average molecular weight is 175 g/mol. The Kier molecular flexibility index (Phi) is 1.91. The zero-order chi connectivity index (χ0) is 8.43. The second-order valence-corrected chi connectivity index (χ2v) is 2.14. The van der Waals surface area contributed by atoms with E-state index in [0.717, 1.165) is 6.07 Å². The highest BCUT2D eigenvalue weighted by Crippen LogP contribution is 2.07. The topological polar surface area (TPSA) is 83.0 Å². The van der Waals surface area contributed by atoms with Crippen LogP contribution in [0, 0.1) is 0 Å². The van der Waals surface area contributed by atoms with Crippen molar-refractivity contribution in [1.82, 2.24) is 10.2 Å². The zero-order valence-electron chi connectivity index (χ0n) is 5.17. The molecule has 1 aromatic heterocycles. The number of carboxylic acids is 1. The Morgan fingerprint density at radius 3 is 2.82 bits per heavy atom. The molecule has 0 atom stereocenters. The standard InChI is InChI=1S/C5H3ClN2O3/c6-2-1-3(9)7-8-4(2)5(10)11/h1H,(H,7,9)(H,10,11). The summed E-state index contributed by atoms with van der Waals surface area (Å²) in [7, 11) is 0. The number of carboxylic acid groups (broad SMARTS) is 1. The van der Waals surface area contributed by atoms with Crippen LogP contribution in [-0.2, 0) is 0 Å². The minimum atomic E-state index is -1.27. The van der Waals surface area contributed by atoms with Gasteiger partial charge in [0.25, 0.3) is 5.56 Å². The SMILES string of the molecule is O=C(O)c1n[nH]c(=O)cc1Cl. The van der Waals surface area contributed by atoms with E-state index in [2.05, 4.69) is 5.10 Å². The second-order valence-electron chi connectivity index (χ2n) is 1.73. The van der Waals surface area contributed by atoms with E-state index < -0.39 is 11.5 Å². The Morgan fingerprint density at radius 1 is 1.73 bits per heavy atom. The monoisotopic (exact) mass is 174 g/mol. The van der Waals surface area contributed by atoms with Crippen LogP contribution in [0.3, 0.4) is 0 Å². The van der Waals surface area contributed by atoms with Gasteiger partial charge in [0.15, 0.2) is 5.69 Å². The number of aromatic carboxylic acids is 1. The summed E-state index contributed by atoms with van der Waals surface area (Å²) in [5.74, 6) is -1.27. The molecule has 5 nitrogen and oxygen atoms in total. The van der Waals surface area contributed by atoms with Crippen LogP contribution in [0.5, 0.6) is 0 Å². The van der Waals surface area contributed by atoms with Crippen LogP contribution in [0.2, 0.25) is 5.02 Å². The molecule has 0 aliphatic heterocycles. The third kappa shape index (κ3) is 1.56. The molecule has 11 heavy (non-hydrogen) atoms. The van der Waals surface area contributed by atoms with Crippen LogP contribution in [0.25, 0.3) is 0 Å². The highest BCUT2D eigenvalue weighted by Gasteiger charge is 2.09. The maximum Gasteiger partial charge on any atom is 0.357 e. The quantitative estimate of drug-likeness (QED) is 0.634. The van der Waals surface area contributed by atoms with Crippen molar-refractivity contribution in [1.29, 1.82) is 0 Å². The molecule has 0 saturated heterocycles. The van der Waals surface area contributed by atoms with E-state index in [9.17, 15) is 9.59 Å². The lowest BCUT2D eigenvalue weighted by Gasteiger charge is -1.92. The predicted molar refractivity (Wildman–Crippen MR) is 36.8 cm³/mol. The predicted octanol–water partition coefficient (Wildman–Crippen LogP) is 0.121. The molecule has 1 heterocycles. The number of carbonyl (C=O) groups is 1. The van der Waals surface area contributed by atoms with E-state index in [1.54, 1.807) is 0 Å². The number of hydrogen-bond acceptors (Lipinski definition) is 3. The Bertz CT molecular complexity index is 346. The lowest BCUT2D eigenvalue weighted by atomic mass is 10.4. The maximum absolute atomic E-state index is 10.5. The second kappa shape index (κ2) is 2.71. The van der Waals surface area contributed by atoms with Gasteiger partial charge in [-0.15, -0.1) is 0 Å². The summed E-state index contributed by atoms with van der Waals surface area (Å²) in [6.07, 6.45) is 0. The molecule has 0 amide bonds. The van der Waals surface area contributed by atoms with Crippen molar-refractivity contribution in [2.75, 3.05) is 0 Å². The number of aromatic nitrogens is 2. The molecule has 0 saturated carbocycles. The molecule has 0 fully saturated rings. The van der Waals surface area contributed by atoms with Gasteiger partial charge in [0.2, 0.25) is 0 Å². The van der Waals surface area contributed by atoms with E-state index in [1.807, 2.05) is 5.10 Å². The van der Waals surface area contributed by atoms with E-state index in [4.69, 9.17) is 16.7 Å². The zero-order valence-corrected chi connectivity index (χ0v) is 5.92. The summed E-state index contributed by atoms with van der Waals surface area (Å²) in [6.45, 7) is 0. The lowest BCUT2D eigenvalue weighted by Crippen LogP contribution is -2.12. The van der Waals surface area contributed by atoms with Gasteiger partial charge in [-0.2, -0.15) is 5.10 Å². The molecule has 0 unspecified atom stereocenters. The largest absolute Gasteiger partial charge is 0.476 e. The van der Waals surface area contributed by atoms with Crippen molar-refractivity contribution in [2.24, 2.45) is 0 Å². The first-order valence-corrected chi connectivity index (χ1v) is 2.97. The van der Waals surface area contributed by atoms with Gasteiger partial charge in [-0.05, 0) is 0 Å². The molecular weight excluding hydrogens is 172 g/mol. The van der Waals surface area contributed by atoms with Crippen molar-refractivity contribution in [3.8, 4) is 0 Å². The van der Waals surface area contributed by atoms with E-state index >= 15 is 0 Å². The molecule has 0 bridgehead atoms. The molecule has 1 aromatic rings. The Hall–Kier alpha value is -1.36. The molecule has 2 N–H and O–H groups in total. The van der Waals surface area contributed by atoms with Crippen LogP contribution >= 0.6 is 11.6 Å². The molecule has 0 aromatic carbocycles. The first-order chi connectivity index (χ1) is 5.11. The van der Waals surface area contributed by atoms with Gasteiger partial charge in [-0.3, -0.25) is 4.79 Å². The highest BCUT2D eigenvalue weighted by molar-refractivity contribution is 6.33. The van der Waals surface area contributed by atoms with Gasteiger partial charge in [0.05, 0.1) is 5.02 Å². The first-order valence-electron chi connectivity index (χ1n) is 2.60. The number of nitrogens with zero attached hydrogens (tertiary/aromatic N) is 1. The molecule has 6 heteroatoms. The summed E-state index contributed by atoms with van der Waals surface area (Å²) >= 11 is 5.36. The highest BCUT2D eigenvalue weighted by atomic mass is 35.5. The van der Waals surface area contributed by atoms with Crippen LogP contribution in [0.4, 0.5) is 0 Å². The Labute approximate surface area is 65.6 Å². The van der Waals surface area contributed by atoms with Crippen LogP contribution in [0.15, 0.2) is 10.9 Å². The summed E-state index contributed by atoms with van der Waals surface area (Å²) in [4.78, 5) is 20.7. The summed E-state index contributed by atoms with van der Waals surface area (Å²) in [5, 5.41) is 13.4. The van der Waals surface area contributed by atoms with Crippen molar-refractivity contribution < 1.29 is 9.90 Å². The number of H-pyrrole nitrogens is 1. The molecule has 58 valence electrons. The van der Waals surface area contributed by atoms with Gasteiger partial charge in [0, 0.05) is 6.07 Å². The third-order valence-electron chi connectivity index (χ3n) is 0.965. The first kappa shape index (κ1) is 7.74. The fraction of sp³-hybridized carbons (Fsp3) is 0. The van der Waals surface area contributed by atoms with Gasteiger partial charge < -0.3 is 5.11 Å². The maximum atomic E-state index is 10.5. The molecule has 0 radical (unpaired) electrons. The van der Waals surface area contributed by atoms with Crippen LogP contribution in [-0.4, -0.2) is 21.3 Å². The Balaban J connectivity index is 3.31. The van der Waals surface area contributed by atoms with Crippen LogP contribution in [0.1, 0.15) is 10.5 Å². The van der Waals surface area contributed by atoms with Gasteiger partial charge >= 0.3 is 5.97 Å². The number of nitrogens with one attached hydrogen (secondary N) is 1. The number of aromatic amines is 1. The Morgan fingerprint density at radius 2 is 2.36 bits per heavy atom. The third-order valence-corrected chi connectivity index (χ3v) is 1.25. The summed E-state index contributed by atoms with van der Waals surface area (Å²) in [5.41, 5.74) is -0.883. The van der Waals surface area contributed by atoms with Crippen LogP contribution < -0.4 is 5.56 Å². The average Bonchev–Trinajstić information content (AvgIpc) is 1.85. The minimum Gasteiger partial charge on any atom is -0.476 e. The molecule has 0 spiro atoms. The number of halogens is 1. The normalized spacial score (nSPS) is 9.55. The summed E-state index contributed by atoms with van der Waals surface area (Å²) in [6, 6.07) is 0.956. The lowest BCUT2D eigenvalue weighted by molar-refractivity contribution is 0.0689. The molecular formula is C5H3ClN2O3. The van der Waals surface area contributed by atoms with Crippen molar-refractivity contribution in [3.05, 3.63) is 27.1 Å². The van der Waals surface area contributed by atoms with E-state index in [1.165, 1.54) is 0 Å². The number of hydrogen-bond donors (Lipinski definition) is 2. The number of rotatable bonds is 1. The minimum absolute atomic E-state index is 0.166. The van der Waals surface area contributed by atoms with E-state index in [-0.39, 0.29) is 10.7 Å². The summed E-state index contributed by atoms with van der Waals surface area (Å²) < 4.78 is 0. The van der Waals surface area contributed by atoms with Crippen molar-refractivity contribution >= 4 is 17.6 Å². The van der Waals surface area contributed by atoms with Crippen molar-refractivity contribution in [2.45, 2.75) is 0 Å². The fourth-order valence-corrected chi connectivity index (χ4v) is 0.752. The van der Waals surface area contributed by atoms with E-state index in [0.29, 0.717) is 0 Å². The smallest absolute Gasteiger partial charge is 0.357 e. The molecule has 0 aliphatic carbocycles. The van der Waals surface area contributed by atoms with Crippen molar-refractivity contribution in [3.63, 3.8) is 0 Å².